The van der Waals surface area contributed by atoms with E-state index in [1.54, 1.807) is 6.20 Å². The van der Waals surface area contributed by atoms with Crippen LogP contribution in [0.1, 0.15) is 30.5 Å². The molecule has 0 aromatic carbocycles. The summed E-state index contributed by atoms with van der Waals surface area (Å²) < 4.78 is 0. The first-order valence-electron chi connectivity index (χ1n) is 5.20. The van der Waals surface area contributed by atoms with E-state index in [0.29, 0.717) is 18.1 Å². The standard InChI is InChI=1S/C12H15NO/c1-9-3-2-8-13-11(9)6-7-12(14)10-4-5-10/h2-3,8,10H,4-7H2,1H3. The highest BCUT2D eigenvalue weighted by atomic mass is 16.1. The van der Waals surface area contributed by atoms with Crippen molar-refractivity contribution in [3.05, 3.63) is 29.6 Å². The van der Waals surface area contributed by atoms with E-state index < -0.39 is 0 Å². The van der Waals surface area contributed by atoms with Crippen molar-refractivity contribution < 1.29 is 4.79 Å². The van der Waals surface area contributed by atoms with Gasteiger partial charge in [-0.3, -0.25) is 9.78 Å². The van der Waals surface area contributed by atoms with Crippen LogP contribution in [-0.2, 0) is 11.2 Å². The molecule has 0 amide bonds. The predicted molar refractivity (Wildman–Crippen MR) is 55.0 cm³/mol. The number of hydrogen-bond acceptors (Lipinski definition) is 2. The lowest BCUT2D eigenvalue weighted by Crippen LogP contribution is -2.04. The van der Waals surface area contributed by atoms with Crippen LogP contribution in [0.4, 0.5) is 0 Å². The van der Waals surface area contributed by atoms with Gasteiger partial charge in [-0.2, -0.15) is 0 Å². The Morgan fingerprint density at radius 1 is 1.57 bits per heavy atom. The monoisotopic (exact) mass is 189 g/mol. The Hall–Kier alpha value is -1.18. The van der Waals surface area contributed by atoms with E-state index in [1.165, 1.54) is 5.56 Å². The molecule has 0 bridgehead atoms. The Morgan fingerprint density at radius 2 is 2.36 bits per heavy atom. The average Bonchev–Trinajstić information content (AvgIpc) is 2.99. The quantitative estimate of drug-likeness (QED) is 0.727. The lowest BCUT2D eigenvalue weighted by Gasteiger charge is -2.02. The van der Waals surface area contributed by atoms with Gasteiger partial charge in [0.25, 0.3) is 0 Å². The maximum Gasteiger partial charge on any atom is 0.136 e. The second-order valence-electron chi connectivity index (χ2n) is 4.01. The first-order chi connectivity index (χ1) is 6.77. The van der Waals surface area contributed by atoms with Crippen LogP contribution < -0.4 is 0 Å². The molecule has 1 heterocycles. The molecule has 74 valence electrons. The van der Waals surface area contributed by atoms with Crippen molar-refractivity contribution in [2.75, 3.05) is 0 Å². The lowest BCUT2D eigenvalue weighted by molar-refractivity contribution is -0.120. The summed E-state index contributed by atoms with van der Waals surface area (Å²) in [5.41, 5.74) is 2.26. The number of ketones is 1. The lowest BCUT2D eigenvalue weighted by atomic mass is 10.1. The zero-order valence-electron chi connectivity index (χ0n) is 8.49. The summed E-state index contributed by atoms with van der Waals surface area (Å²) >= 11 is 0. The van der Waals surface area contributed by atoms with Crippen LogP contribution in [-0.4, -0.2) is 10.8 Å². The normalized spacial score (nSPS) is 15.5. The van der Waals surface area contributed by atoms with Crippen molar-refractivity contribution in [3.63, 3.8) is 0 Å². The van der Waals surface area contributed by atoms with E-state index in [-0.39, 0.29) is 0 Å². The van der Waals surface area contributed by atoms with Crippen molar-refractivity contribution in [3.8, 4) is 0 Å². The average molecular weight is 189 g/mol. The second-order valence-corrected chi connectivity index (χ2v) is 4.01. The second kappa shape index (κ2) is 3.91. The molecule has 14 heavy (non-hydrogen) atoms. The molecule has 2 heteroatoms. The first kappa shape index (κ1) is 9.38. The van der Waals surface area contributed by atoms with Crippen LogP contribution in [0.2, 0.25) is 0 Å². The summed E-state index contributed by atoms with van der Waals surface area (Å²) in [4.78, 5) is 15.7. The molecule has 0 N–H and O–H groups in total. The zero-order chi connectivity index (χ0) is 9.97. The number of nitrogens with zero attached hydrogens (tertiary/aromatic N) is 1. The molecule has 1 saturated carbocycles. The van der Waals surface area contributed by atoms with Crippen LogP contribution in [0.25, 0.3) is 0 Å². The minimum Gasteiger partial charge on any atom is -0.299 e. The SMILES string of the molecule is Cc1cccnc1CCC(=O)C1CC1. The number of Topliss-reactive ketones (excluding diaryl/α,β-unsaturated/α-hetero) is 1. The van der Waals surface area contributed by atoms with Crippen molar-refractivity contribution >= 4 is 5.78 Å². The number of aromatic nitrogens is 1. The molecule has 0 spiro atoms. The van der Waals surface area contributed by atoms with Gasteiger partial charge in [0.15, 0.2) is 0 Å². The zero-order valence-corrected chi connectivity index (χ0v) is 8.49. The van der Waals surface area contributed by atoms with E-state index in [0.717, 1.165) is 25.0 Å². The van der Waals surface area contributed by atoms with Crippen LogP contribution in [0.5, 0.6) is 0 Å². The van der Waals surface area contributed by atoms with E-state index in [1.807, 2.05) is 19.1 Å². The molecule has 1 aliphatic carbocycles. The highest BCUT2D eigenvalue weighted by Gasteiger charge is 2.28. The third-order valence-corrected chi connectivity index (χ3v) is 2.76. The maximum atomic E-state index is 11.5. The molecule has 1 aromatic heterocycles. The van der Waals surface area contributed by atoms with Gasteiger partial charge in [0, 0.05) is 24.2 Å². The molecule has 1 fully saturated rings. The molecule has 2 rings (SSSR count). The third kappa shape index (κ3) is 2.19. The van der Waals surface area contributed by atoms with Crippen LogP contribution in [0, 0.1) is 12.8 Å². The number of carbonyl (C=O) groups excluding carboxylic acids is 1. The van der Waals surface area contributed by atoms with E-state index in [2.05, 4.69) is 4.98 Å². The van der Waals surface area contributed by atoms with E-state index in [9.17, 15) is 4.79 Å². The minimum absolute atomic E-state index is 0.388. The third-order valence-electron chi connectivity index (χ3n) is 2.76. The molecule has 1 aliphatic rings. The number of carbonyl (C=O) groups is 1. The number of pyridine rings is 1. The van der Waals surface area contributed by atoms with Crippen LogP contribution >= 0.6 is 0 Å². The maximum absolute atomic E-state index is 11.5. The Balaban J connectivity index is 1.91. The Morgan fingerprint density at radius 3 is 3.00 bits per heavy atom. The summed E-state index contributed by atoms with van der Waals surface area (Å²) in [5.74, 6) is 0.814. The molecule has 2 nitrogen and oxygen atoms in total. The molecule has 1 aromatic rings. The van der Waals surface area contributed by atoms with Crippen molar-refractivity contribution in [1.82, 2.24) is 4.98 Å². The number of aryl methyl sites for hydroxylation is 2. The minimum atomic E-state index is 0.388. The molecule has 0 radical (unpaired) electrons. The first-order valence-corrected chi connectivity index (χ1v) is 5.20. The molecule has 0 atom stereocenters. The Labute approximate surface area is 84.4 Å². The summed E-state index contributed by atoms with van der Waals surface area (Å²) in [6.07, 6.45) is 5.49. The topological polar surface area (TPSA) is 30.0 Å². The van der Waals surface area contributed by atoms with Crippen molar-refractivity contribution in [2.45, 2.75) is 32.6 Å². The molecular formula is C12H15NO. The van der Waals surface area contributed by atoms with E-state index >= 15 is 0 Å². The molecular weight excluding hydrogens is 174 g/mol. The Bertz CT molecular complexity index is 342. The summed E-state index contributed by atoms with van der Waals surface area (Å²) in [5, 5.41) is 0. The molecule has 0 saturated heterocycles. The fourth-order valence-corrected chi connectivity index (χ4v) is 1.63. The summed E-state index contributed by atoms with van der Waals surface area (Å²) in [6.45, 7) is 2.05. The van der Waals surface area contributed by atoms with Gasteiger partial charge in [-0.15, -0.1) is 0 Å². The highest BCUT2D eigenvalue weighted by Crippen LogP contribution is 2.31. The van der Waals surface area contributed by atoms with E-state index in [4.69, 9.17) is 0 Å². The van der Waals surface area contributed by atoms with Gasteiger partial charge in [0.05, 0.1) is 0 Å². The van der Waals surface area contributed by atoms with Gasteiger partial charge < -0.3 is 0 Å². The van der Waals surface area contributed by atoms with Gasteiger partial charge >= 0.3 is 0 Å². The molecule has 0 aliphatic heterocycles. The van der Waals surface area contributed by atoms with Crippen LogP contribution in [0.15, 0.2) is 18.3 Å². The fraction of sp³-hybridized carbons (Fsp3) is 0.500. The van der Waals surface area contributed by atoms with Crippen molar-refractivity contribution in [1.29, 1.82) is 0 Å². The number of rotatable bonds is 4. The predicted octanol–water partition coefficient (Wildman–Crippen LogP) is 2.30. The van der Waals surface area contributed by atoms with Crippen LogP contribution in [0.3, 0.4) is 0 Å². The Kier molecular flexibility index (Phi) is 2.62. The summed E-state index contributed by atoms with van der Waals surface area (Å²) in [7, 11) is 0. The fourth-order valence-electron chi connectivity index (χ4n) is 1.63. The smallest absolute Gasteiger partial charge is 0.136 e. The number of hydrogen-bond donors (Lipinski definition) is 0. The molecule has 0 unspecified atom stereocenters. The summed E-state index contributed by atoms with van der Waals surface area (Å²) in [6, 6.07) is 3.98. The van der Waals surface area contributed by atoms with Gasteiger partial charge in [0.1, 0.15) is 5.78 Å². The van der Waals surface area contributed by atoms with Gasteiger partial charge in [-0.1, -0.05) is 6.07 Å². The van der Waals surface area contributed by atoms with Gasteiger partial charge in [0.2, 0.25) is 0 Å². The highest BCUT2D eigenvalue weighted by molar-refractivity contribution is 5.83. The van der Waals surface area contributed by atoms with Gasteiger partial charge in [-0.05, 0) is 37.8 Å². The largest absolute Gasteiger partial charge is 0.299 e. The van der Waals surface area contributed by atoms with Gasteiger partial charge in [-0.25, -0.2) is 0 Å². The van der Waals surface area contributed by atoms with Crippen molar-refractivity contribution in [2.24, 2.45) is 5.92 Å².